The highest BCUT2D eigenvalue weighted by molar-refractivity contribution is 6.76. The van der Waals surface area contributed by atoms with Crippen molar-refractivity contribution in [2.24, 2.45) is 0 Å². The monoisotopic (exact) mass is 502 g/mol. The summed E-state index contributed by atoms with van der Waals surface area (Å²) in [7, 11) is 1.05. The van der Waals surface area contributed by atoms with Gasteiger partial charge >= 0.3 is 0 Å². The van der Waals surface area contributed by atoms with E-state index in [9.17, 15) is 0 Å². The normalized spacial score (nSPS) is 14.5. The van der Waals surface area contributed by atoms with E-state index in [1.165, 1.54) is 22.3 Å². The quantitative estimate of drug-likeness (QED) is 0.232. The van der Waals surface area contributed by atoms with Crippen LogP contribution >= 0.6 is 0 Å². The van der Waals surface area contributed by atoms with Crippen LogP contribution < -0.4 is 0 Å². The third-order valence-corrected chi connectivity index (χ3v) is 8.81. The lowest BCUT2D eigenvalue weighted by atomic mass is 9.91. The molecule has 3 aromatic heterocycles. The zero-order valence-corrected chi connectivity index (χ0v) is 23.5. The Morgan fingerprint density at radius 2 is 1.89 bits per heavy atom. The number of hydrogen-bond donors (Lipinski definition) is 0. The minimum atomic E-state index is -1.15. The number of nitrogens with zero attached hydrogens (tertiary/aromatic N) is 6. The van der Waals surface area contributed by atoms with E-state index in [0.717, 1.165) is 66.6 Å². The van der Waals surface area contributed by atoms with Crippen molar-refractivity contribution in [1.29, 1.82) is 0 Å². The summed E-state index contributed by atoms with van der Waals surface area (Å²) < 4.78 is 9.89. The van der Waals surface area contributed by atoms with E-state index in [1.54, 1.807) is 0 Å². The molecule has 7 nitrogen and oxygen atoms in total. The van der Waals surface area contributed by atoms with Gasteiger partial charge in [0.05, 0.1) is 6.20 Å². The third-order valence-electron chi connectivity index (χ3n) is 7.11. The van der Waals surface area contributed by atoms with Crippen LogP contribution in [0.5, 0.6) is 0 Å². The summed E-state index contributed by atoms with van der Waals surface area (Å²) in [5, 5.41) is 10.5. The average molecular weight is 503 g/mol. The molecule has 8 heteroatoms. The van der Waals surface area contributed by atoms with E-state index in [0.29, 0.717) is 6.73 Å². The molecule has 0 spiro atoms. The standard InChI is InChI=1S/C28H38N6OSi/c1-7-33-18-24(16-30-33)27-26-14-22(21-12-20(2)25-8-9-32(3)17-23(25)13-21)15-29-28(26)34(31-27)19-35-10-11-36(4,5)6/h12-16,18H,7-11,17,19H2,1-6H3. The van der Waals surface area contributed by atoms with E-state index in [1.807, 2.05) is 21.8 Å². The Balaban J connectivity index is 1.54. The molecule has 1 aliphatic heterocycles. The summed E-state index contributed by atoms with van der Waals surface area (Å²) >= 11 is 0. The number of likely N-dealkylation sites (N-methyl/N-ethyl adjacent to an activating group) is 1. The number of fused-ring (bicyclic) bond motifs is 2. The summed E-state index contributed by atoms with van der Waals surface area (Å²) in [6.07, 6.45) is 7.05. The SMILES string of the molecule is CCn1cc(-c2nn(COCC[Si](C)(C)C)c3ncc(-c4cc(C)c5c(c4)CN(C)CC5)cc23)cn1. The zero-order valence-electron chi connectivity index (χ0n) is 22.5. The maximum absolute atomic E-state index is 6.05. The van der Waals surface area contributed by atoms with Gasteiger partial charge in [-0.15, -0.1) is 0 Å². The maximum Gasteiger partial charge on any atom is 0.160 e. The summed E-state index contributed by atoms with van der Waals surface area (Å²) in [6.45, 7) is 15.5. The first kappa shape index (κ1) is 24.9. The van der Waals surface area contributed by atoms with E-state index in [2.05, 4.69) is 74.9 Å². The Hall–Kier alpha value is -2.81. The number of hydrogen-bond acceptors (Lipinski definition) is 5. The molecule has 0 radical (unpaired) electrons. The lowest BCUT2D eigenvalue weighted by Gasteiger charge is -2.27. The largest absolute Gasteiger partial charge is 0.359 e. The molecule has 4 aromatic rings. The fraction of sp³-hybridized carbons (Fsp3) is 0.464. The van der Waals surface area contributed by atoms with Crippen LogP contribution in [0.2, 0.25) is 25.7 Å². The molecule has 0 aliphatic carbocycles. The molecule has 0 saturated carbocycles. The van der Waals surface area contributed by atoms with Crippen LogP contribution in [0.3, 0.4) is 0 Å². The molecule has 190 valence electrons. The van der Waals surface area contributed by atoms with Gasteiger partial charge in [0.25, 0.3) is 0 Å². The number of rotatable bonds is 8. The second-order valence-electron chi connectivity index (χ2n) is 11.3. The van der Waals surface area contributed by atoms with E-state index < -0.39 is 8.07 Å². The average Bonchev–Trinajstić information content (AvgIpc) is 3.45. The Kier molecular flexibility index (Phi) is 6.85. The van der Waals surface area contributed by atoms with E-state index in [4.69, 9.17) is 14.8 Å². The molecule has 0 atom stereocenters. The first-order chi connectivity index (χ1) is 17.2. The van der Waals surface area contributed by atoms with Crippen molar-refractivity contribution >= 4 is 19.1 Å². The zero-order chi connectivity index (χ0) is 25.4. The number of benzene rings is 1. The summed E-state index contributed by atoms with van der Waals surface area (Å²) in [5.74, 6) is 0. The molecule has 0 bridgehead atoms. The number of aromatic nitrogens is 5. The lowest BCUT2D eigenvalue weighted by Crippen LogP contribution is -2.27. The van der Waals surface area contributed by atoms with Crippen LogP contribution in [0.1, 0.15) is 23.6 Å². The molecule has 0 saturated heterocycles. The van der Waals surface area contributed by atoms with Gasteiger partial charge in [0, 0.05) is 63.2 Å². The summed E-state index contributed by atoms with van der Waals surface area (Å²) in [4.78, 5) is 7.30. The van der Waals surface area contributed by atoms with Crippen molar-refractivity contribution in [3.05, 3.63) is 53.5 Å². The van der Waals surface area contributed by atoms with Crippen molar-refractivity contribution in [2.75, 3.05) is 20.2 Å². The molecule has 0 unspecified atom stereocenters. The van der Waals surface area contributed by atoms with Crippen LogP contribution in [0.25, 0.3) is 33.4 Å². The topological polar surface area (TPSA) is 61.0 Å². The van der Waals surface area contributed by atoms with Crippen molar-refractivity contribution in [2.45, 2.75) is 65.8 Å². The van der Waals surface area contributed by atoms with Gasteiger partial charge in [0.1, 0.15) is 12.4 Å². The number of pyridine rings is 1. The van der Waals surface area contributed by atoms with Crippen molar-refractivity contribution in [3.63, 3.8) is 0 Å². The fourth-order valence-corrected chi connectivity index (χ4v) is 5.69. The van der Waals surface area contributed by atoms with Crippen LogP contribution in [-0.4, -0.2) is 57.7 Å². The maximum atomic E-state index is 6.05. The predicted molar refractivity (Wildman–Crippen MR) is 149 cm³/mol. The van der Waals surface area contributed by atoms with Crippen molar-refractivity contribution in [3.8, 4) is 22.4 Å². The fourth-order valence-electron chi connectivity index (χ4n) is 4.94. The van der Waals surface area contributed by atoms with Gasteiger partial charge in [0.15, 0.2) is 5.65 Å². The highest BCUT2D eigenvalue weighted by atomic mass is 28.3. The van der Waals surface area contributed by atoms with Gasteiger partial charge in [-0.2, -0.15) is 10.2 Å². The number of aryl methyl sites for hydroxylation is 2. The first-order valence-corrected chi connectivity index (χ1v) is 16.7. The Morgan fingerprint density at radius 3 is 2.64 bits per heavy atom. The van der Waals surface area contributed by atoms with Gasteiger partial charge in [-0.25, -0.2) is 9.67 Å². The van der Waals surface area contributed by atoms with Crippen LogP contribution in [-0.2, 0) is 31.0 Å². The second-order valence-corrected chi connectivity index (χ2v) is 16.9. The van der Waals surface area contributed by atoms with Gasteiger partial charge in [0.2, 0.25) is 0 Å². The molecule has 1 aromatic carbocycles. The van der Waals surface area contributed by atoms with Crippen LogP contribution in [0.4, 0.5) is 0 Å². The van der Waals surface area contributed by atoms with E-state index >= 15 is 0 Å². The molecule has 36 heavy (non-hydrogen) atoms. The van der Waals surface area contributed by atoms with Crippen LogP contribution in [0, 0.1) is 6.92 Å². The summed E-state index contributed by atoms with van der Waals surface area (Å²) in [5.41, 5.74) is 9.38. The van der Waals surface area contributed by atoms with Gasteiger partial charge in [-0.05, 0) is 67.7 Å². The van der Waals surface area contributed by atoms with Gasteiger partial charge < -0.3 is 9.64 Å². The molecule has 5 rings (SSSR count). The van der Waals surface area contributed by atoms with Gasteiger partial charge in [-0.1, -0.05) is 25.7 Å². The van der Waals surface area contributed by atoms with Gasteiger partial charge in [-0.3, -0.25) is 4.68 Å². The Morgan fingerprint density at radius 1 is 1.06 bits per heavy atom. The molecular formula is C28H38N6OSi. The summed E-state index contributed by atoms with van der Waals surface area (Å²) in [6, 6.07) is 8.03. The smallest absolute Gasteiger partial charge is 0.160 e. The molecule has 4 heterocycles. The predicted octanol–water partition coefficient (Wildman–Crippen LogP) is 5.59. The van der Waals surface area contributed by atoms with Crippen molar-refractivity contribution < 1.29 is 4.74 Å². The molecule has 0 fully saturated rings. The lowest BCUT2D eigenvalue weighted by molar-refractivity contribution is 0.0814. The Bertz CT molecular complexity index is 1380. The first-order valence-electron chi connectivity index (χ1n) is 13.0. The minimum absolute atomic E-state index is 0.402. The molecular weight excluding hydrogens is 464 g/mol. The highest BCUT2D eigenvalue weighted by Gasteiger charge is 2.20. The third kappa shape index (κ3) is 5.16. The van der Waals surface area contributed by atoms with Crippen LogP contribution in [0.15, 0.2) is 36.8 Å². The number of ether oxygens (including phenoxy) is 1. The Labute approximate surface area is 215 Å². The second kappa shape index (κ2) is 9.92. The van der Waals surface area contributed by atoms with Crippen molar-refractivity contribution in [1.82, 2.24) is 29.4 Å². The molecule has 0 N–H and O–H groups in total. The minimum Gasteiger partial charge on any atom is -0.359 e. The van der Waals surface area contributed by atoms with E-state index in [-0.39, 0.29) is 0 Å². The molecule has 0 amide bonds. The highest BCUT2D eigenvalue weighted by Crippen LogP contribution is 2.33. The molecule has 1 aliphatic rings.